The summed E-state index contributed by atoms with van der Waals surface area (Å²) in [6.07, 6.45) is 31.5. The molecular formula is C56H73I. The summed E-state index contributed by atoms with van der Waals surface area (Å²) < 4.78 is 1.36. The number of benzene rings is 4. The lowest BCUT2D eigenvalue weighted by molar-refractivity contribution is 0.398. The summed E-state index contributed by atoms with van der Waals surface area (Å²) in [5, 5.41) is 0. The van der Waals surface area contributed by atoms with Crippen LogP contribution in [0, 0.1) is 15.4 Å². The van der Waals surface area contributed by atoms with Gasteiger partial charge in [-0.2, -0.15) is 0 Å². The molecule has 304 valence electrons. The van der Waals surface area contributed by atoms with Gasteiger partial charge in [0.1, 0.15) is 0 Å². The highest BCUT2D eigenvalue weighted by Gasteiger charge is 2.43. The van der Waals surface area contributed by atoms with E-state index in [0.29, 0.717) is 0 Å². The van der Waals surface area contributed by atoms with Crippen molar-refractivity contribution in [3.05, 3.63) is 116 Å². The summed E-state index contributed by atoms with van der Waals surface area (Å²) in [5.41, 5.74) is 14.6. The summed E-state index contributed by atoms with van der Waals surface area (Å²) >= 11 is 2.54. The minimum atomic E-state index is 0.0785. The molecule has 6 rings (SSSR count). The van der Waals surface area contributed by atoms with E-state index in [0.717, 1.165) is 0 Å². The van der Waals surface area contributed by atoms with Crippen LogP contribution in [0.4, 0.5) is 0 Å². The van der Waals surface area contributed by atoms with Crippen molar-refractivity contribution in [1.82, 2.24) is 0 Å². The largest absolute Gasteiger partial charge is 0.0654 e. The zero-order chi connectivity index (χ0) is 39.9. The molecule has 57 heavy (non-hydrogen) atoms. The van der Waals surface area contributed by atoms with Crippen LogP contribution < -0.4 is 0 Å². The third kappa shape index (κ3) is 10.3. The molecule has 0 amide bonds. The first-order valence-corrected chi connectivity index (χ1v) is 24.8. The van der Waals surface area contributed by atoms with Gasteiger partial charge >= 0.3 is 0 Å². The van der Waals surface area contributed by atoms with Gasteiger partial charge in [-0.25, -0.2) is 0 Å². The first kappa shape index (κ1) is 43.7. The number of fused-ring (bicyclic) bond motifs is 6. The Morgan fingerprint density at radius 1 is 0.368 bits per heavy atom. The van der Waals surface area contributed by atoms with Crippen molar-refractivity contribution in [1.29, 1.82) is 0 Å². The monoisotopic (exact) mass is 872 g/mol. The predicted molar refractivity (Wildman–Crippen MR) is 258 cm³/mol. The molecule has 1 heteroatoms. The van der Waals surface area contributed by atoms with E-state index in [1.165, 1.54) is 191 Å². The summed E-state index contributed by atoms with van der Waals surface area (Å²) in [6, 6.07) is 31.1. The zero-order valence-corrected chi connectivity index (χ0v) is 38.5. The van der Waals surface area contributed by atoms with Crippen LogP contribution in [0.15, 0.2) is 78.9 Å². The molecule has 0 nitrogen and oxygen atoms in total. The quantitative estimate of drug-likeness (QED) is 0.0374. The van der Waals surface area contributed by atoms with E-state index in [1.807, 2.05) is 0 Å². The van der Waals surface area contributed by atoms with Gasteiger partial charge in [-0.05, 0) is 129 Å². The van der Waals surface area contributed by atoms with E-state index in [9.17, 15) is 0 Å². The van der Waals surface area contributed by atoms with Gasteiger partial charge in [0.15, 0.2) is 0 Å². The van der Waals surface area contributed by atoms with Crippen molar-refractivity contribution < 1.29 is 0 Å². The molecule has 0 atom stereocenters. The van der Waals surface area contributed by atoms with Crippen molar-refractivity contribution in [2.75, 3.05) is 0 Å². The maximum atomic E-state index is 3.76. The number of halogens is 1. The number of unbranched alkanes of at least 4 members (excludes halogenated alkanes) is 16. The third-order valence-corrected chi connectivity index (χ3v) is 14.4. The maximum Gasteiger partial charge on any atom is 0.0252 e. The van der Waals surface area contributed by atoms with Gasteiger partial charge in [0, 0.05) is 25.5 Å². The Kier molecular flexibility index (Phi) is 16.9. The van der Waals surface area contributed by atoms with Gasteiger partial charge in [0.25, 0.3) is 0 Å². The summed E-state index contributed by atoms with van der Waals surface area (Å²) in [4.78, 5) is 0. The molecule has 4 aromatic carbocycles. The molecule has 2 aliphatic rings. The van der Waals surface area contributed by atoms with Crippen LogP contribution in [-0.2, 0) is 10.8 Å². The molecule has 0 bridgehead atoms. The molecule has 4 aromatic rings. The highest BCUT2D eigenvalue weighted by atomic mass is 127. The average molecular weight is 873 g/mol. The Morgan fingerprint density at radius 3 is 1.16 bits per heavy atom. The Balaban J connectivity index is 1.35. The lowest BCUT2D eigenvalue weighted by Gasteiger charge is -2.33. The molecule has 0 aliphatic heterocycles. The summed E-state index contributed by atoms with van der Waals surface area (Å²) in [6.45, 7) is 9.31. The van der Waals surface area contributed by atoms with Crippen molar-refractivity contribution in [3.8, 4) is 34.1 Å². The minimum Gasteiger partial charge on any atom is -0.0654 e. The van der Waals surface area contributed by atoms with Crippen molar-refractivity contribution in [2.45, 2.75) is 193 Å². The molecule has 2 aliphatic carbocycles. The van der Waals surface area contributed by atoms with E-state index in [-0.39, 0.29) is 10.8 Å². The summed E-state index contributed by atoms with van der Waals surface area (Å²) in [5.74, 6) is 7.51. The topological polar surface area (TPSA) is 0 Å². The van der Waals surface area contributed by atoms with E-state index in [4.69, 9.17) is 0 Å². The lowest BCUT2D eigenvalue weighted by Crippen LogP contribution is -2.26. The van der Waals surface area contributed by atoms with Crippen LogP contribution in [0.3, 0.4) is 0 Å². The Hall–Kier alpha value is -2.83. The fourth-order valence-electron chi connectivity index (χ4n) is 10.7. The standard InChI is InChI=1S/C56H73I/c1-5-9-13-17-23-37-55(38-24-18-14-10-6-2)51-28-22-21-27-47(51)48-34-31-44(41-52(48)55)29-30-45-32-35-49-50-36-33-46(57)43-54(50)56(53(49)42-45,39-25-19-15-11-7-3)40-26-20-16-12-8-4/h21-22,27-28,31-36,41-43H,5-20,23-26,37-40H2,1-4H3. The molecule has 0 unspecified atom stereocenters. The van der Waals surface area contributed by atoms with Crippen LogP contribution in [0.2, 0.25) is 0 Å². The van der Waals surface area contributed by atoms with Gasteiger partial charge in [-0.3, -0.25) is 0 Å². The molecule has 0 aromatic heterocycles. The fraction of sp³-hybridized carbons (Fsp3) is 0.536. The first-order chi connectivity index (χ1) is 28.0. The second-order valence-corrected chi connectivity index (χ2v) is 19.1. The van der Waals surface area contributed by atoms with E-state index >= 15 is 0 Å². The second kappa shape index (κ2) is 22.0. The van der Waals surface area contributed by atoms with E-state index < -0.39 is 0 Å². The van der Waals surface area contributed by atoms with Gasteiger partial charge in [-0.1, -0.05) is 210 Å². The number of rotatable bonds is 24. The van der Waals surface area contributed by atoms with Crippen LogP contribution in [-0.4, -0.2) is 0 Å². The van der Waals surface area contributed by atoms with Gasteiger partial charge < -0.3 is 0 Å². The second-order valence-electron chi connectivity index (χ2n) is 17.8. The number of hydrogen-bond acceptors (Lipinski definition) is 0. The number of hydrogen-bond donors (Lipinski definition) is 0. The smallest absolute Gasteiger partial charge is 0.0252 e. The Labute approximate surface area is 363 Å². The highest BCUT2D eigenvalue weighted by molar-refractivity contribution is 14.1. The maximum absolute atomic E-state index is 3.76. The highest BCUT2D eigenvalue weighted by Crippen LogP contribution is 2.56. The van der Waals surface area contributed by atoms with Crippen molar-refractivity contribution in [2.24, 2.45) is 0 Å². The molecule has 0 fully saturated rings. The molecule has 0 N–H and O–H groups in total. The van der Waals surface area contributed by atoms with Crippen molar-refractivity contribution >= 4 is 22.6 Å². The normalized spacial score (nSPS) is 14.1. The Morgan fingerprint density at radius 2 is 0.719 bits per heavy atom. The summed E-state index contributed by atoms with van der Waals surface area (Å²) in [7, 11) is 0. The van der Waals surface area contributed by atoms with Crippen molar-refractivity contribution in [3.63, 3.8) is 0 Å². The van der Waals surface area contributed by atoms with Gasteiger partial charge in [0.2, 0.25) is 0 Å². The Bertz CT molecular complexity index is 1900. The molecule has 0 radical (unpaired) electrons. The fourth-order valence-corrected chi connectivity index (χ4v) is 11.2. The minimum absolute atomic E-state index is 0.0785. The van der Waals surface area contributed by atoms with Crippen LogP contribution in [0.1, 0.15) is 215 Å². The van der Waals surface area contributed by atoms with Crippen LogP contribution in [0.5, 0.6) is 0 Å². The zero-order valence-electron chi connectivity index (χ0n) is 36.4. The van der Waals surface area contributed by atoms with E-state index in [2.05, 4.69) is 141 Å². The SMILES string of the molecule is CCCCCCCC1(CCCCCCC)c2ccccc2-c2ccc(C#Cc3ccc4c(c3)C(CCCCCCC)(CCCCCCC)c3cc(I)ccc3-4)cc21. The molecule has 0 saturated heterocycles. The third-order valence-electron chi connectivity index (χ3n) is 13.8. The van der Waals surface area contributed by atoms with Crippen LogP contribution >= 0.6 is 22.6 Å². The first-order valence-electron chi connectivity index (χ1n) is 23.7. The van der Waals surface area contributed by atoms with Gasteiger partial charge in [-0.15, -0.1) is 0 Å². The van der Waals surface area contributed by atoms with Gasteiger partial charge in [0.05, 0.1) is 0 Å². The molecule has 0 heterocycles. The lowest BCUT2D eigenvalue weighted by atomic mass is 9.70. The molecule has 0 saturated carbocycles. The molecular weight excluding hydrogens is 800 g/mol. The average Bonchev–Trinajstić information content (AvgIpc) is 3.65. The molecule has 0 spiro atoms. The predicted octanol–water partition coefficient (Wildman–Crippen LogP) is 17.7. The van der Waals surface area contributed by atoms with Crippen LogP contribution in [0.25, 0.3) is 22.3 Å². The van der Waals surface area contributed by atoms with E-state index in [1.54, 1.807) is 22.3 Å².